The van der Waals surface area contributed by atoms with Crippen LogP contribution in [0.25, 0.3) is 17.0 Å². The van der Waals surface area contributed by atoms with Gasteiger partial charge in [-0.05, 0) is 42.8 Å². The van der Waals surface area contributed by atoms with Crippen LogP contribution in [0.15, 0.2) is 29.0 Å². The quantitative estimate of drug-likeness (QED) is 0.733. The molecule has 0 radical (unpaired) electrons. The van der Waals surface area contributed by atoms with Crippen LogP contribution in [0.5, 0.6) is 0 Å². The molecule has 0 spiro atoms. The van der Waals surface area contributed by atoms with Gasteiger partial charge in [0.1, 0.15) is 5.82 Å². The monoisotopic (exact) mass is 343 g/mol. The Bertz CT molecular complexity index is 861. The number of nitrogens with zero attached hydrogens (tertiary/aromatic N) is 4. The third-order valence-electron chi connectivity index (χ3n) is 4.36. The lowest BCUT2D eigenvalue weighted by Gasteiger charge is -2.13. The van der Waals surface area contributed by atoms with Gasteiger partial charge in [0, 0.05) is 17.0 Å². The molecule has 2 atom stereocenters. The van der Waals surface area contributed by atoms with E-state index in [1.807, 2.05) is 29.0 Å². The summed E-state index contributed by atoms with van der Waals surface area (Å²) in [5.74, 6) is 1.34. The van der Waals surface area contributed by atoms with Crippen molar-refractivity contribution in [2.75, 3.05) is 12.4 Å². The minimum absolute atomic E-state index is 0.0208. The van der Waals surface area contributed by atoms with E-state index < -0.39 is 0 Å². The summed E-state index contributed by atoms with van der Waals surface area (Å²) in [5.41, 5.74) is 1.71. The lowest BCUT2D eigenvalue weighted by molar-refractivity contribution is -0.145. The number of fused-ring (bicyclic) bond motifs is 1. The molecule has 0 saturated heterocycles. The van der Waals surface area contributed by atoms with Crippen LogP contribution in [0.1, 0.15) is 19.3 Å². The Kier molecular flexibility index (Phi) is 3.89. The molecule has 0 aromatic carbocycles. The van der Waals surface area contributed by atoms with Gasteiger partial charge in [-0.1, -0.05) is 0 Å². The molecule has 1 N–H and O–H groups in total. The van der Waals surface area contributed by atoms with Crippen molar-refractivity contribution in [2.45, 2.75) is 25.3 Å². The van der Waals surface area contributed by atoms with Gasteiger partial charge in [0.25, 0.3) is 0 Å². The Balaban J connectivity index is 1.55. The number of hydrogen-bond acceptors (Lipinski definition) is 7. The second-order valence-electron chi connectivity index (χ2n) is 5.90. The zero-order chi connectivity index (χ0) is 16.5. The van der Waals surface area contributed by atoms with Crippen LogP contribution in [0.3, 0.4) is 0 Å². The zero-order valence-corrected chi connectivity index (χ0v) is 14.0. The Morgan fingerprint density at radius 3 is 3.04 bits per heavy atom. The largest absolute Gasteiger partial charge is 0.469 e. The molecule has 1 fully saturated rings. The molecule has 3 aromatic heterocycles. The van der Waals surface area contributed by atoms with Crippen LogP contribution < -0.4 is 5.32 Å². The number of esters is 1. The average Bonchev–Trinajstić information content (AvgIpc) is 3.33. The van der Waals surface area contributed by atoms with E-state index in [0.717, 1.165) is 36.5 Å². The lowest BCUT2D eigenvalue weighted by atomic mass is 10.1. The number of carbonyl (C=O) groups excluding carboxylic acids is 1. The number of rotatable bonds is 4. The number of nitrogens with one attached hydrogen (secondary N) is 1. The summed E-state index contributed by atoms with van der Waals surface area (Å²) < 4.78 is 6.58. The highest BCUT2D eigenvalue weighted by molar-refractivity contribution is 7.08. The molecular weight excluding hydrogens is 326 g/mol. The third-order valence-corrected chi connectivity index (χ3v) is 5.04. The van der Waals surface area contributed by atoms with E-state index in [0.29, 0.717) is 5.65 Å². The molecule has 3 heterocycles. The number of thiophene rings is 1. The fraction of sp³-hybridized carbons (Fsp3) is 0.375. The third kappa shape index (κ3) is 2.73. The molecule has 1 aliphatic rings. The average molecular weight is 343 g/mol. The maximum absolute atomic E-state index is 11.6. The number of anilines is 1. The highest BCUT2D eigenvalue weighted by Gasteiger charge is 2.30. The van der Waals surface area contributed by atoms with Gasteiger partial charge < -0.3 is 10.1 Å². The van der Waals surface area contributed by atoms with E-state index in [2.05, 4.69) is 20.6 Å². The van der Waals surface area contributed by atoms with E-state index in [9.17, 15) is 4.79 Å². The van der Waals surface area contributed by atoms with Crippen molar-refractivity contribution in [3.63, 3.8) is 0 Å². The molecule has 0 unspecified atom stereocenters. The standard InChI is InChI=1S/C16H17N5O2S/c1-23-16(22)10-2-3-12(8-10)17-13-4-5-14-18-19-15(21(14)20-13)11-6-7-24-9-11/h4-7,9-10,12H,2-3,8H2,1H3,(H,17,20)/t10-,12+/m0/s1. The van der Waals surface area contributed by atoms with E-state index in [-0.39, 0.29) is 17.9 Å². The van der Waals surface area contributed by atoms with Gasteiger partial charge in [0.05, 0.1) is 13.0 Å². The highest BCUT2D eigenvalue weighted by Crippen LogP contribution is 2.29. The molecule has 7 nitrogen and oxygen atoms in total. The summed E-state index contributed by atoms with van der Waals surface area (Å²) in [6.07, 6.45) is 2.55. The summed E-state index contributed by atoms with van der Waals surface area (Å²) in [6.45, 7) is 0. The van der Waals surface area contributed by atoms with E-state index >= 15 is 0 Å². The molecule has 124 valence electrons. The molecule has 1 aliphatic carbocycles. The molecule has 0 amide bonds. The van der Waals surface area contributed by atoms with Gasteiger partial charge in [-0.25, -0.2) is 0 Å². The Morgan fingerprint density at radius 1 is 1.33 bits per heavy atom. The van der Waals surface area contributed by atoms with Gasteiger partial charge in [-0.2, -0.15) is 15.9 Å². The SMILES string of the molecule is COC(=O)[C@H]1CC[C@@H](Nc2ccc3nnc(-c4ccsc4)n3n2)C1. The van der Waals surface area contributed by atoms with Gasteiger partial charge >= 0.3 is 5.97 Å². The Morgan fingerprint density at radius 2 is 2.25 bits per heavy atom. The van der Waals surface area contributed by atoms with Crippen LogP contribution in [-0.2, 0) is 9.53 Å². The van der Waals surface area contributed by atoms with Crippen LogP contribution in [0.2, 0.25) is 0 Å². The van der Waals surface area contributed by atoms with Crippen LogP contribution in [0.4, 0.5) is 5.82 Å². The van der Waals surface area contributed by atoms with E-state index in [4.69, 9.17) is 4.74 Å². The predicted octanol–water partition coefficient (Wildman–Crippen LogP) is 2.61. The molecule has 1 saturated carbocycles. The molecule has 0 aliphatic heterocycles. The number of methoxy groups -OCH3 is 1. The first-order chi connectivity index (χ1) is 11.7. The summed E-state index contributed by atoms with van der Waals surface area (Å²) in [7, 11) is 1.44. The van der Waals surface area contributed by atoms with Crippen molar-refractivity contribution < 1.29 is 9.53 Å². The van der Waals surface area contributed by atoms with Crippen LogP contribution in [0, 0.1) is 5.92 Å². The van der Waals surface area contributed by atoms with Gasteiger partial charge in [0.15, 0.2) is 11.5 Å². The number of ether oxygens (including phenoxy) is 1. The minimum Gasteiger partial charge on any atom is -0.469 e. The van der Waals surface area contributed by atoms with Crippen LogP contribution in [-0.4, -0.2) is 38.9 Å². The summed E-state index contributed by atoms with van der Waals surface area (Å²) >= 11 is 1.61. The second kappa shape index (κ2) is 6.20. The number of carbonyl (C=O) groups is 1. The molecule has 8 heteroatoms. The summed E-state index contributed by atoms with van der Waals surface area (Å²) in [4.78, 5) is 11.6. The summed E-state index contributed by atoms with van der Waals surface area (Å²) in [6, 6.07) is 6.01. The normalized spacial score (nSPS) is 20.4. The molecular formula is C16H17N5O2S. The van der Waals surface area contributed by atoms with Crippen LogP contribution >= 0.6 is 11.3 Å². The van der Waals surface area contributed by atoms with Gasteiger partial charge in [-0.15, -0.1) is 15.3 Å². The fourth-order valence-corrected chi connectivity index (χ4v) is 3.77. The maximum atomic E-state index is 11.6. The van der Waals surface area contributed by atoms with Crippen molar-refractivity contribution >= 4 is 28.8 Å². The molecule has 3 aromatic rings. The minimum atomic E-state index is -0.124. The van der Waals surface area contributed by atoms with Gasteiger partial charge in [0.2, 0.25) is 0 Å². The molecule has 4 rings (SSSR count). The topological polar surface area (TPSA) is 81.4 Å². The van der Waals surface area contributed by atoms with Crippen molar-refractivity contribution in [3.05, 3.63) is 29.0 Å². The second-order valence-corrected chi connectivity index (χ2v) is 6.68. The van der Waals surface area contributed by atoms with Crippen molar-refractivity contribution in [1.82, 2.24) is 19.8 Å². The zero-order valence-electron chi connectivity index (χ0n) is 13.2. The lowest BCUT2D eigenvalue weighted by Crippen LogP contribution is -2.19. The van der Waals surface area contributed by atoms with Gasteiger partial charge in [-0.3, -0.25) is 4.79 Å². The fourth-order valence-electron chi connectivity index (χ4n) is 3.14. The smallest absolute Gasteiger partial charge is 0.308 e. The van der Waals surface area contributed by atoms with Crippen molar-refractivity contribution in [2.24, 2.45) is 5.92 Å². The van der Waals surface area contributed by atoms with Crippen molar-refractivity contribution in [3.8, 4) is 11.4 Å². The number of aromatic nitrogens is 4. The van der Waals surface area contributed by atoms with E-state index in [1.165, 1.54) is 7.11 Å². The highest BCUT2D eigenvalue weighted by atomic mass is 32.1. The first-order valence-electron chi connectivity index (χ1n) is 7.84. The molecule has 24 heavy (non-hydrogen) atoms. The predicted molar refractivity (Wildman–Crippen MR) is 90.9 cm³/mol. The number of hydrogen-bond donors (Lipinski definition) is 1. The molecule has 0 bridgehead atoms. The maximum Gasteiger partial charge on any atom is 0.308 e. The summed E-state index contributed by atoms with van der Waals surface area (Å²) in [5, 5.41) is 20.4. The Labute approximate surface area is 142 Å². The first kappa shape index (κ1) is 15.1. The Hall–Kier alpha value is -2.48. The first-order valence-corrected chi connectivity index (χ1v) is 8.78. The van der Waals surface area contributed by atoms with Crippen molar-refractivity contribution in [1.29, 1.82) is 0 Å². The van der Waals surface area contributed by atoms with E-state index in [1.54, 1.807) is 15.9 Å².